The number of benzene rings is 1. The van der Waals surface area contributed by atoms with E-state index in [-0.39, 0.29) is 11.7 Å². The summed E-state index contributed by atoms with van der Waals surface area (Å²) in [6.07, 6.45) is 0. The summed E-state index contributed by atoms with van der Waals surface area (Å²) in [6, 6.07) is 4.13. The number of nitrogens with zero attached hydrogens (tertiary/aromatic N) is 1. The first-order chi connectivity index (χ1) is 7.82. The molecule has 0 amide bonds. The molecule has 0 aliphatic carbocycles. The van der Waals surface area contributed by atoms with Gasteiger partial charge in [0.15, 0.2) is 5.78 Å². The summed E-state index contributed by atoms with van der Waals surface area (Å²) in [7, 11) is 3.99. The summed E-state index contributed by atoms with van der Waals surface area (Å²) in [5, 5.41) is 0. The minimum Gasteiger partial charge on any atom is -0.309 e. The van der Waals surface area contributed by atoms with Crippen molar-refractivity contribution in [2.75, 3.05) is 20.6 Å². The monoisotopic (exact) mass is 233 g/mol. The second-order valence-corrected chi connectivity index (χ2v) is 5.28. The Morgan fingerprint density at radius 1 is 1.12 bits per heavy atom. The molecule has 1 rings (SSSR count). The molecule has 0 aliphatic rings. The van der Waals surface area contributed by atoms with Crippen LogP contribution in [0, 0.1) is 26.7 Å². The number of hydrogen-bond donors (Lipinski definition) is 0. The third-order valence-electron chi connectivity index (χ3n) is 3.19. The van der Waals surface area contributed by atoms with E-state index in [4.69, 9.17) is 0 Å². The van der Waals surface area contributed by atoms with Gasteiger partial charge in [-0.25, -0.2) is 0 Å². The molecule has 0 radical (unpaired) electrons. The Morgan fingerprint density at radius 2 is 1.65 bits per heavy atom. The van der Waals surface area contributed by atoms with Crippen LogP contribution in [0.25, 0.3) is 0 Å². The predicted molar refractivity (Wildman–Crippen MR) is 72.7 cm³/mol. The van der Waals surface area contributed by atoms with E-state index in [1.807, 2.05) is 34.0 Å². The zero-order chi connectivity index (χ0) is 13.2. The summed E-state index contributed by atoms with van der Waals surface area (Å²) >= 11 is 0. The summed E-state index contributed by atoms with van der Waals surface area (Å²) < 4.78 is 0. The van der Waals surface area contributed by atoms with E-state index >= 15 is 0 Å². The van der Waals surface area contributed by atoms with E-state index in [9.17, 15) is 4.79 Å². The lowest BCUT2D eigenvalue weighted by Gasteiger charge is -2.17. The van der Waals surface area contributed by atoms with Crippen LogP contribution < -0.4 is 0 Å². The Labute approximate surface area is 105 Å². The van der Waals surface area contributed by atoms with Crippen molar-refractivity contribution in [2.24, 2.45) is 5.92 Å². The van der Waals surface area contributed by atoms with E-state index < -0.39 is 0 Å². The van der Waals surface area contributed by atoms with Crippen molar-refractivity contribution in [3.63, 3.8) is 0 Å². The zero-order valence-corrected chi connectivity index (χ0v) is 11.8. The van der Waals surface area contributed by atoms with Crippen molar-refractivity contribution < 1.29 is 4.79 Å². The van der Waals surface area contributed by atoms with E-state index in [1.54, 1.807) is 0 Å². The highest BCUT2D eigenvalue weighted by Gasteiger charge is 2.18. The van der Waals surface area contributed by atoms with Gasteiger partial charge >= 0.3 is 0 Å². The zero-order valence-electron chi connectivity index (χ0n) is 11.8. The summed E-state index contributed by atoms with van der Waals surface area (Å²) in [5.74, 6) is 0.296. The van der Waals surface area contributed by atoms with E-state index in [0.717, 1.165) is 17.7 Å². The first kappa shape index (κ1) is 13.9. The quantitative estimate of drug-likeness (QED) is 0.745. The van der Waals surface area contributed by atoms with Crippen molar-refractivity contribution >= 4 is 5.78 Å². The van der Waals surface area contributed by atoms with Gasteiger partial charge < -0.3 is 4.90 Å². The Morgan fingerprint density at radius 3 is 2.18 bits per heavy atom. The number of Topliss-reactive ketones (excluding diaryl/α,β-unsaturated/α-hetero) is 1. The molecule has 0 saturated heterocycles. The maximum absolute atomic E-state index is 12.3. The molecule has 1 unspecified atom stereocenters. The number of aryl methyl sites for hydroxylation is 3. The molecule has 17 heavy (non-hydrogen) atoms. The number of carbonyl (C=O) groups is 1. The van der Waals surface area contributed by atoms with Gasteiger partial charge in [-0.1, -0.05) is 13.0 Å². The highest BCUT2D eigenvalue weighted by atomic mass is 16.1. The van der Waals surface area contributed by atoms with Crippen LogP contribution in [-0.2, 0) is 0 Å². The second-order valence-electron chi connectivity index (χ2n) is 5.28. The molecule has 0 fully saturated rings. The molecule has 94 valence electrons. The molecular formula is C15H23NO. The van der Waals surface area contributed by atoms with E-state index in [1.165, 1.54) is 11.1 Å². The minimum atomic E-state index is 0.0470. The first-order valence-corrected chi connectivity index (χ1v) is 6.09. The lowest BCUT2D eigenvalue weighted by Crippen LogP contribution is -2.26. The van der Waals surface area contributed by atoms with Crippen molar-refractivity contribution in [3.8, 4) is 0 Å². The van der Waals surface area contributed by atoms with Crippen LogP contribution in [0.4, 0.5) is 0 Å². The van der Waals surface area contributed by atoms with Gasteiger partial charge in [-0.15, -0.1) is 0 Å². The van der Waals surface area contributed by atoms with Gasteiger partial charge in [0.25, 0.3) is 0 Å². The number of carbonyl (C=O) groups excluding carboxylic acids is 1. The lowest BCUT2D eigenvalue weighted by atomic mass is 9.92. The normalized spacial score (nSPS) is 12.9. The topological polar surface area (TPSA) is 20.3 Å². The van der Waals surface area contributed by atoms with E-state index in [0.29, 0.717) is 0 Å². The molecule has 1 atom stereocenters. The van der Waals surface area contributed by atoms with Gasteiger partial charge in [-0.05, 0) is 57.6 Å². The van der Waals surface area contributed by atoms with Crippen molar-refractivity contribution in [1.82, 2.24) is 4.90 Å². The van der Waals surface area contributed by atoms with Gasteiger partial charge in [0.05, 0.1) is 0 Å². The smallest absolute Gasteiger partial charge is 0.167 e. The fourth-order valence-electron chi connectivity index (χ4n) is 2.12. The molecule has 0 N–H and O–H groups in total. The molecule has 0 bridgehead atoms. The van der Waals surface area contributed by atoms with Crippen molar-refractivity contribution in [1.29, 1.82) is 0 Å². The third-order valence-corrected chi connectivity index (χ3v) is 3.19. The Hall–Kier alpha value is -1.15. The van der Waals surface area contributed by atoms with Crippen LogP contribution in [-0.4, -0.2) is 31.3 Å². The number of ketones is 1. The van der Waals surface area contributed by atoms with Crippen molar-refractivity contribution in [2.45, 2.75) is 27.7 Å². The van der Waals surface area contributed by atoms with Crippen molar-refractivity contribution in [3.05, 3.63) is 34.4 Å². The molecule has 2 nitrogen and oxygen atoms in total. The largest absolute Gasteiger partial charge is 0.309 e. The van der Waals surface area contributed by atoms with Crippen LogP contribution in [0.2, 0.25) is 0 Å². The maximum atomic E-state index is 12.3. The SMILES string of the molecule is Cc1cc(C)c(C(=O)C(C)CN(C)C)cc1C. The molecule has 0 aromatic heterocycles. The fraction of sp³-hybridized carbons (Fsp3) is 0.533. The average Bonchev–Trinajstić information content (AvgIpc) is 2.21. The Balaban J connectivity index is 3.00. The fourth-order valence-corrected chi connectivity index (χ4v) is 2.12. The Kier molecular flexibility index (Phi) is 4.47. The second kappa shape index (κ2) is 5.46. The van der Waals surface area contributed by atoms with Crippen LogP contribution in [0.5, 0.6) is 0 Å². The van der Waals surface area contributed by atoms with Gasteiger partial charge in [0.1, 0.15) is 0 Å². The predicted octanol–water partition coefficient (Wildman–Crippen LogP) is 2.99. The van der Waals surface area contributed by atoms with E-state index in [2.05, 4.69) is 24.8 Å². The summed E-state index contributed by atoms with van der Waals surface area (Å²) in [5.41, 5.74) is 4.40. The molecular weight excluding hydrogens is 210 g/mol. The van der Waals surface area contributed by atoms with Gasteiger partial charge in [-0.2, -0.15) is 0 Å². The third kappa shape index (κ3) is 3.40. The molecule has 1 aromatic carbocycles. The van der Waals surface area contributed by atoms with Crippen LogP contribution in [0.3, 0.4) is 0 Å². The van der Waals surface area contributed by atoms with Crippen LogP contribution in [0.1, 0.15) is 34.0 Å². The summed E-state index contributed by atoms with van der Waals surface area (Å²) in [6.45, 7) is 8.95. The van der Waals surface area contributed by atoms with Crippen LogP contribution in [0.15, 0.2) is 12.1 Å². The molecule has 0 saturated carbocycles. The van der Waals surface area contributed by atoms with Gasteiger partial charge in [-0.3, -0.25) is 4.79 Å². The molecule has 0 aliphatic heterocycles. The summed E-state index contributed by atoms with van der Waals surface area (Å²) in [4.78, 5) is 14.4. The lowest BCUT2D eigenvalue weighted by molar-refractivity contribution is 0.0909. The highest BCUT2D eigenvalue weighted by molar-refractivity contribution is 5.99. The first-order valence-electron chi connectivity index (χ1n) is 6.09. The molecule has 2 heteroatoms. The van der Waals surface area contributed by atoms with Crippen LogP contribution >= 0.6 is 0 Å². The molecule has 0 spiro atoms. The standard InChI is InChI=1S/C15H23NO/c1-10-7-12(3)14(8-11(10)2)15(17)13(4)9-16(5)6/h7-8,13H,9H2,1-6H3. The van der Waals surface area contributed by atoms with Gasteiger partial charge in [0, 0.05) is 18.0 Å². The minimum absolute atomic E-state index is 0.0470. The number of rotatable bonds is 4. The number of hydrogen-bond acceptors (Lipinski definition) is 2. The molecule has 1 aromatic rings. The average molecular weight is 233 g/mol. The molecule has 0 heterocycles. The maximum Gasteiger partial charge on any atom is 0.167 e. The Bertz CT molecular complexity index is 421. The van der Waals surface area contributed by atoms with Gasteiger partial charge in [0.2, 0.25) is 0 Å². The highest BCUT2D eigenvalue weighted by Crippen LogP contribution is 2.19.